The molecule has 2 rings (SSSR count). The SMILES string of the molecule is CC1(c2ncc(CC(=O)O)s2)OC=CO1. The Morgan fingerprint density at radius 2 is 2.27 bits per heavy atom. The summed E-state index contributed by atoms with van der Waals surface area (Å²) in [5, 5.41) is 9.22. The molecule has 1 aromatic rings. The van der Waals surface area contributed by atoms with E-state index in [0.29, 0.717) is 9.88 Å². The van der Waals surface area contributed by atoms with E-state index in [1.54, 1.807) is 6.92 Å². The average Bonchev–Trinajstić information content (AvgIpc) is 2.74. The Bertz CT molecular complexity index is 404. The molecular weight excluding hydrogens is 218 g/mol. The second-order valence-electron chi connectivity index (χ2n) is 3.16. The lowest BCUT2D eigenvalue weighted by Crippen LogP contribution is -2.21. The number of carboxylic acids is 1. The predicted octanol–water partition coefficient (Wildman–Crippen LogP) is 1.46. The van der Waals surface area contributed by atoms with E-state index in [2.05, 4.69) is 4.98 Å². The van der Waals surface area contributed by atoms with Crippen molar-refractivity contribution in [1.29, 1.82) is 0 Å². The van der Waals surface area contributed by atoms with E-state index >= 15 is 0 Å². The van der Waals surface area contributed by atoms with Crippen LogP contribution in [-0.2, 0) is 26.5 Å². The molecule has 1 aromatic heterocycles. The fourth-order valence-electron chi connectivity index (χ4n) is 1.19. The molecule has 0 fully saturated rings. The molecule has 0 amide bonds. The average molecular weight is 227 g/mol. The minimum absolute atomic E-state index is 0.0266. The first-order valence-electron chi connectivity index (χ1n) is 4.28. The van der Waals surface area contributed by atoms with Gasteiger partial charge in [0.2, 0.25) is 0 Å². The molecule has 80 valence electrons. The maximum Gasteiger partial charge on any atom is 0.308 e. The van der Waals surface area contributed by atoms with Crippen molar-refractivity contribution in [2.45, 2.75) is 19.1 Å². The van der Waals surface area contributed by atoms with Gasteiger partial charge in [0.25, 0.3) is 0 Å². The number of hydrogen-bond acceptors (Lipinski definition) is 5. The summed E-state index contributed by atoms with van der Waals surface area (Å²) in [6.45, 7) is 1.73. The van der Waals surface area contributed by atoms with Gasteiger partial charge in [-0.2, -0.15) is 0 Å². The summed E-state index contributed by atoms with van der Waals surface area (Å²) in [5.41, 5.74) is 0. The highest BCUT2D eigenvalue weighted by Gasteiger charge is 2.35. The zero-order valence-corrected chi connectivity index (χ0v) is 8.78. The number of thiazole rings is 1. The van der Waals surface area contributed by atoms with Gasteiger partial charge in [-0.05, 0) is 0 Å². The molecule has 0 spiro atoms. The summed E-state index contributed by atoms with van der Waals surface area (Å²) >= 11 is 1.28. The Balaban J connectivity index is 2.16. The first kappa shape index (κ1) is 9.97. The minimum atomic E-state index is -0.901. The van der Waals surface area contributed by atoms with Crippen molar-refractivity contribution < 1.29 is 19.4 Å². The normalized spacial score (nSPS) is 17.1. The topological polar surface area (TPSA) is 68.7 Å². The lowest BCUT2D eigenvalue weighted by Gasteiger charge is -2.19. The van der Waals surface area contributed by atoms with E-state index in [1.807, 2.05) is 0 Å². The first-order chi connectivity index (χ1) is 7.10. The maximum atomic E-state index is 10.5. The molecule has 0 unspecified atom stereocenters. The van der Waals surface area contributed by atoms with E-state index < -0.39 is 11.8 Å². The number of carbonyl (C=O) groups is 1. The number of nitrogens with zero attached hydrogens (tertiary/aromatic N) is 1. The maximum absolute atomic E-state index is 10.5. The van der Waals surface area contributed by atoms with Crippen molar-refractivity contribution in [2.75, 3.05) is 0 Å². The van der Waals surface area contributed by atoms with Gasteiger partial charge in [0, 0.05) is 18.0 Å². The molecule has 15 heavy (non-hydrogen) atoms. The van der Waals surface area contributed by atoms with Crippen LogP contribution in [0.3, 0.4) is 0 Å². The zero-order chi connectivity index (χ0) is 10.9. The second kappa shape index (κ2) is 3.54. The van der Waals surface area contributed by atoms with Crippen LogP contribution in [0.4, 0.5) is 0 Å². The van der Waals surface area contributed by atoms with Crippen LogP contribution < -0.4 is 0 Å². The smallest absolute Gasteiger partial charge is 0.308 e. The summed E-state index contributed by atoms with van der Waals surface area (Å²) < 4.78 is 10.5. The van der Waals surface area contributed by atoms with Crippen LogP contribution in [0, 0.1) is 0 Å². The Kier molecular flexibility index (Phi) is 2.36. The van der Waals surface area contributed by atoms with Crippen molar-refractivity contribution in [3.63, 3.8) is 0 Å². The van der Waals surface area contributed by atoms with Gasteiger partial charge in [0.1, 0.15) is 12.5 Å². The molecular formula is C9H9NO4S. The molecule has 6 heteroatoms. The second-order valence-corrected chi connectivity index (χ2v) is 4.27. The molecule has 0 radical (unpaired) electrons. The summed E-state index contributed by atoms with van der Waals surface area (Å²) in [6, 6.07) is 0. The van der Waals surface area contributed by atoms with Gasteiger partial charge in [-0.3, -0.25) is 4.79 Å². The lowest BCUT2D eigenvalue weighted by atomic mass is 10.3. The van der Waals surface area contributed by atoms with Crippen molar-refractivity contribution in [3.05, 3.63) is 28.6 Å². The molecule has 0 saturated heterocycles. The van der Waals surface area contributed by atoms with Crippen molar-refractivity contribution in [1.82, 2.24) is 4.98 Å². The van der Waals surface area contributed by atoms with Crippen molar-refractivity contribution in [3.8, 4) is 0 Å². The predicted molar refractivity (Wildman–Crippen MR) is 52.1 cm³/mol. The van der Waals surface area contributed by atoms with Crippen LogP contribution in [0.2, 0.25) is 0 Å². The van der Waals surface area contributed by atoms with Gasteiger partial charge < -0.3 is 14.6 Å². The van der Waals surface area contributed by atoms with Crippen LogP contribution in [-0.4, -0.2) is 16.1 Å². The number of aromatic nitrogens is 1. The number of aliphatic carboxylic acids is 1. The number of hydrogen-bond donors (Lipinski definition) is 1. The summed E-state index contributed by atoms with van der Waals surface area (Å²) in [7, 11) is 0. The minimum Gasteiger partial charge on any atom is -0.481 e. The standard InChI is InChI=1S/C9H9NO4S/c1-9(13-2-3-14-9)8-10-5-6(15-8)4-7(11)12/h2-3,5H,4H2,1H3,(H,11,12). The molecule has 1 N–H and O–H groups in total. The third-order valence-electron chi connectivity index (χ3n) is 1.91. The van der Waals surface area contributed by atoms with Gasteiger partial charge in [0.05, 0.1) is 6.42 Å². The van der Waals surface area contributed by atoms with E-state index in [9.17, 15) is 4.79 Å². The van der Waals surface area contributed by atoms with Crippen LogP contribution in [0.25, 0.3) is 0 Å². The number of rotatable bonds is 3. The quantitative estimate of drug-likeness (QED) is 0.846. The largest absolute Gasteiger partial charge is 0.481 e. The van der Waals surface area contributed by atoms with Crippen LogP contribution in [0.5, 0.6) is 0 Å². The third kappa shape index (κ3) is 1.94. The number of carboxylic acid groups (broad SMARTS) is 1. The highest BCUT2D eigenvalue weighted by molar-refractivity contribution is 7.11. The summed E-state index contributed by atoms with van der Waals surface area (Å²) in [4.78, 5) is 15.2. The molecule has 0 atom stereocenters. The van der Waals surface area contributed by atoms with Gasteiger partial charge in [-0.15, -0.1) is 11.3 Å². The van der Waals surface area contributed by atoms with Gasteiger partial charge >= 0.3 is 11.8 Å². The Hall–Kier alpha value is -1.56. The highest BCUT2D eigenvalue weighted by atomic mass is 32.1. The lowest BCUT2D eigenvalue weighted by molar-refractivity contribution is -0.136. The monoisotopic (exact) mass is 227 g/mol. The van der Waals surface area contributed by atoms with Crippen molar-refractivity contribution in [2.24, 2.45) is 0 Å². The first-order valence-corrected chi connectivity index (χ1v) is 5.09. The van der Waals surface area contributed by atoms with Crippen molar-refractivity contribution >= 4 is 17.3 Å². The van der Waals surface area contributed by atoms with E-state index in [-0.39, 0.29) is 6.42 Å². The van der Waals surface area contributed by atoms with Gasteiger partial charge in [-0.1, -0.05) is 0 Å². The summed E-state index contributed by atoms with van der Waals surface area (Å²) in [5.74, 6) is -1.77. The third-order valence-corrected chi connectivity index (χ3v) is 3.09. The molecule has 0 saturated carbocycles. The van der Waals surface area contributed by atoms with Gasteiger partial charge in [-0.25, -0.2) is 4.98 Å². The van der Waals surface area contributed by atoms with Gasteiger partial charge in [0.15, 0.2) is 5.01 Å². The molecule has 0 bridgehead atoms. The Morgan fingerprint density at radius 3 is 2.87 bits per heavy atom. The fraction of sp³-hybridized carbons (Fsp3) is 0.333. The number of ether oxygens (including phenoxy) is 2. The summed E-state index contributed by atoms with van der Waals surface area (Å²) in [6.07, 6.45) is 4.39. The zero-order valence-electron chi connectivity index (χ0n) is 7.97. The molecule has 1 aliphatic rings. The van der Waals surface area contributed by atoms with Crippen LogP contribution in [0.15, 0.2) is 18.7 Å². The van der Waals surface area contributed by atoms with E-state index in [0.717, 1.165) is 0 Å². The highest BCUT2D eigenvalue weighted by Crippen LogP contribution is 2.34. The van der Waals surface area contributed by atoms with Crippen LogP contribution in [0.1, 0.15) is 16.8 Å². The van der Waals surface area contributed by atoms with E-state index in [1.165, 1.54) is 30.1 Å². The van der Waals surface area contributed by atoms with E-state index in [4.69, 9.17) is 14.6 Å². The molecule has 5 nitrogen and oxygen atoms in total. The van der Waals surface area contributed by atoms with Crippen LogP contribution >= 0.6 is 11.3 Å². The molecule has 0 aliphatic carbocycles. The Morgan fingerprint density at radius 1 is 1.60 bits per heavy atom. The molecule has 0 aromatic carbocycles. The Labute approximate surface area is 90.0 Å². The molecule has 1 aliphatic heterocycles. The fourth-order valence-corrected chi connectivity index (χ4v) is 2.13. The molecule has 2 heterocycles.